The zero-order valence-corrected chi connectivity index (χ0v) is 13.5. The van der Waals surface area contributed by atoms with Crippen molar-refractivity contribution < 1.29 is 9.53 Å². The number of para-hydroxylation sites is 1. The maximum absolute atomic E-state index is 11.8. The number of carbonyl (C=O) groups is 1. The highest BCUT2D eigenvalue weighted by Crippen LogP contribution is 2.27. The molecule has 22 heavy (non-hydrogen) atoms. The van der Waals surface area contributed by atoms with Crippen LogP contribution in [0.2, 0.25) is 0 Å². The SMILES string of the molecule is CC(C)(C)OC(=O)Cc1nnc(-c2cc3ccccc3[nH]2)s1. The van der Waals surface area contributed by atoms with E-state index >= 15 is 0 Å². The van der Waals surface area contributed by atoms with Crippen LogP contribution in [0.3, 0.4) is 0 Å². The lowest BCUT2D eigenvalue weighted by Gasteiger charge is -2.18. The molecular formula is C16H17N3O2S. The van der Waals surface area contributed by atoms with Gasteiger partial charge in [0.05, 0.1) is 12.1 Å². The van der Waals surface area contributed by atoms with Crippen LogP contribution in [0.4, 0.5) is 0 Å². The van der Waals surface area contributed by atoms with E-state index in [1.54, 1.807) is 0 Å². The third-order valence-corrected chi connectivity index (χ3v) is 3.90. The maximum atomic E-state index is 11.8. The standard InChI is InChI=1S/C16H17N3O2S/c1-16(2,3)21-14(20)9-13-18-19-15(22-13)12-8-10-6-4-5-7-11(10)17-12/h4-8,17H,9H2,1-3H3. The number of rotatable bonds is 3. The molecule has 5 nitrogen and oxygen atoms in total. The number of ether oxygens (including phenoxy) is 1. The third-order valence-electron chi connectivity index (χ3n) is 2.94. The van der Waals surface area contributed by atoms with Crippen LogP contribution >= 0.6 is 11.3 Å². The Hall–Kier alpha value is -2.21. The lowest BCUT2D eigenvalue weighted by atomic mass is 10.2. The van der Waals surface area contributed by atoms with E-state index in [-0.39, 0.29) is 12.4 Å². The molecule has 3 aromatic rings. The van der Waals surface area contributed by atoms with Crippen molar-refractivity contribution in [3.8, 4) is 10.7 Å². The second kappa shape index (κ2) is 5.53. The van der Waals surface area contributed by atoms with Crippen molar-refractivity contribution in [1.82, 2.24) is 15.2 Å². The first-order valence-corrected chi connectivity index (χ1v) is 7.85. The number of hydrogen-bond acceptors (Lipinski definition) is 5. The third kappa shape index (κ3) is 3.33. The Balaban J connectivity index is 1.77. The van der Waals surface area contributed by atoms with Crippen LogP contribution in [0.5, 0.6) is 0 Å². The van der Waals surface area contributed by atoms with Crippen molar-refractivity contribution in [3.63, 3.8) is 0 Å². The largest absolute Gasteiger partial charge is 0.460 e. The Kier molecular flexibility index (Phi) is 3.70. The Morgan fingerprint density at radius 2 is 2.05 bits per heavy atom. The summed E-state index contributed by atoms with van der Waals surface area (Å²) in [7, 11) is 0. The van der Waals surface area contributed by atoms with Gasteiger partial charge in [0, 0.05) is 10.9 Å². The number of nitrogens with zero attached hydrogens (tertiary/aromatic N) is 2. The van der Waals surface area contributed by atoms with E-state index in [4.69, 9.17) is 4.74 Å². The van der Waals surface area contributed by atoms with E-state index < -0.39 is 5.60 Å². The fourth-order valence-corrected chi connectivity index (χ4v) is 2.92. The first kappa shape index (κ1) is 14.7. The van der Waals surface area contributed by atoms with Crippen molar-refractivity contribution in [2.45, 2.75) is 32.8 Å². The highest BCUT2D eigenvalue weighted by atomic mass is 32.1. The fourth-order valence-electron chi connectivity index (χ4n) is 2.12. The zero-order chi connectivity index (χ0) is 15.7. The first-order valence-electron chi connectivity index (χ1n) is 7.03. The van der Waals surface area contributed by atoms with Crippen molar-refractivity contribution in [2.24, 2.45) is 0 Å². The van der Waals surface area contributed by atoms with Crippen LogP contribution < -0.4 is 0 Å². The number of hydrogen-bond donors (Lipinski definition) is 1. The number of aromatic amines is 1. The summed E-state index contributed by atoms with van der Waals surface area (Å²) in [6.45, 7) is 5.54. The molecule has 0 radical (unpaired) electrons. The summed E-state index contributed by atoms with van der Waals surface area (Å²) >= 11 is 1.40. The summed E-state index contributed by atoms with van der Waals surface area (Å²) in [6.07, 6.45) is 0.148. The fraction of sp³-hybridized carbons (Fsp3) is 0.312. The van der Waals surface area contributed by atoms with Crippen LogP contribution in [0.25, 0.3) is 21.6 Å². The molecule has 0 amide bonds. The normalized spacial score (nSPS) is 11.8. The minimum absolute atomic E-state index is 0.148. The minimum atomic E-state index is -0.484. The molecule has 0 unspecified atom stereocenters. The van der Waals surface area contributed by atoms with Gasteiger partial charge in [0.15, 0.2) is 5.01 Å². The summed E-state index contributed by atoms with van der Waals surface area (Å²) in [5, 5.41) is 10.8. The second-order valence-corrected chi connectivity index (χ2v) is 7.10. The average molecular weight is 315 g/mol. The van der Waals surface area contributed by atoms with Gasteiger partial charge in [0.2, 0.25) is 0 Å². The molecule has 2 aromatic heterocycles. The van der Waals surface area contributed by atoms with Crippen LogP contribution in [0.1, 0.15) is 25.8 Å². The lowest BCUT2D eigenvalue weighted by molar-refractivity contribution is -0.153. The molecule has 0 aliphatic carbocycles. The number of nitrogens with one attached hydrogen (secondary N) is 1. The van der Waals surface area contributed by atoms with E-state index in [2.05, 4.69) is 15.2 Å². The molecule has 0 saturated heterocycles. The van der Waals surface area contributed by atoms with E-state index in [0.29, 0.717) is 5.01 Å². The van der Waals surface area contributed by atoms with E-state index in [0.717, 1.165) is 21.6 Å². The van der Waals surface area contributed by atoms with Gasteiger partial charge in [0.1, 0.15) is 10.6 Å². The highest BCUT2D eigenvalue weighted by molar-refractivity contribution is 7.14. The smallest absolute Gasteiger partial charge is 0.313 e. The Morgan fingerprint density at radius 3 is 2.77 bits per heavy atom. The average Bonchev–Trinajstić information content (AvgIpc) is 3.01. The highest BCUT2D eigenvalue weighted by Gasteiger charge is 2.18. The second-order valence-electron chi connectivity index (χ2n) is 6.03. The Bertz CT molecular complexity index is 781. The van der Waals surface area contributed by atoms with Gasteiger partial charge in [-0.2, -0.15) is 0 Å². The van der Waals surface area contributed by atoms with Crippen molar-refractivity contribution >= 4 is 28.2 Å². The number of esters is 1. The molecule has 0 saturated carbocycles. The van der Waals surface area contributed by atoms with Gasteiger partial charge < -0.3 is 9.72 Å². The molecule has 0 fully saturated rings. The van der Waals surface area contributed by atoms with Crippen molar-refractivity contribution in [2.75, 3.05) is 0 Å². The summed E-state index contributed by atoms with van der Waals surface area (Å²) < 4.78 is 5.30. The van der Waals surface area contributed by atoms with Crippen molar-refractivity contribution in [1.29, 1.82) is 0 Å². The number of benzene rings is 1. The van der Waals surface area contributed by atoms with Crippen LogP contribution in [0.15, 0.2) is 30.3 Å². The van der Waals surface area contributed by atoms with Gasteiger partial charge in [-0.1, -0.05) is 29.5 Å². The van der Waals surface area contributed by atoms with E-state index in [1.165, 1.54) is 11.3 Å². The lowest BCUT2D eigenvalue weighted by Crippen LogP contribution is -2.24. The predicted octanol–water partition coefficient (Wildman–Crippen LogP) is 3.57. The summed E-state index contributed by atoms with van der Waals surface area (Å²) in [5.74, 6) is -0.285. The Morgan fingerprint density at radius 1 is 1.27 bits per heavy atom. The predicted molar refractivity (Wildman–Crippen MR) is 86.8 cm³/mol. The van der Waals surface area contributed by atoms with E-state index in [9.17, 15) is 4.79 Å². The number of H-pyrrole nitrogens is 1. The van der Waals surface area contributed by atoms with Gasteiger partial charge in [-0.15, -0.1) is 10.2 Å². The van der Waals surface area contributed by atoms with Crippen LogP contribution in [-0.4, -0.2) is 26.8 Å². The molecule has 114 valence electrons. The van der Waals surface area contributed by atoms with Gasteiger partial charge in [-0.25, -0.2) is 0 Å². The zero-order valence-electron chi connectivity index (χ0n) is 12.7. The molecule has 0 spiro atoms. The summed E-state index contributed by atoms with van der Waals surface area (Å²) in [6, 6.07) is 10.1. The number of carbonyl (C=O) groups excluding carboxylic acids is 1. The van der Waals surface area contributed by atoms with Gasteiger partial charge in [-0.05, 0) is 32.9 Å². The topological polar surface area (TPSA) is 67.9 Å². The summed E-state index contributed by atoms with van der Waals surface area (Å²) in [4.78, 5) is 15.1. The molecule has 1 aromatic carbocycles. The number of fused-ring (bicyclic) bond motifs is 1. The monoisotopic (exact) mass is 315 g/mol. The molecule has 0 aliphatic rings. The molecule has 6 heteroatoms. The number of aromatic nitrogens is 3. The molecule has 1 N–H and O–H groups in total. The first-order chi connectivity index (χ1) is 10.4. The molecule has 0 aliphatic heterocycles. The van der Waals surface area contributed by atoms with Gasteiger partial charge in [0.25, 0.3) is 0 Å². The maximum Gasteiger partial charge on any atom is 0.313 e. The molecule has 2 heterocycles. The minimum Gasteiger partial charge on any atom is -0.460 e. The Labute approximate surface area is 132 Å². The van der Waals surface area contributed by atoms with Crippen LogP contribution in [-0.2, 0) is 16.0 Å². The molecule has 0 bridgehead atoms. The van der Waals surface area contributed by atoms with Gasteiger partial charge in [-0.3, -0.25) is 4.79 Å². The quantitative estimate of drug-likeness (QED) is 0.750. The van der Waals surface area contributed by atoms with Crippen LogP contribution in [0, 0.1) is 0 Å². The summed E-state index contributed by atoms with van der Waals surface area (Å²) in [5.41, 5.74) is 1.48. The molecular weight excluding hydrogens is 298 g/mol. The molecule has 3 rings (SSSR count). The van der Waals surface area contributed by atoms with Crippen molar-refractivity contribution in [3.05, 3.63) is 35.3 Å². The van der Waals surface area contributed by atoms with E-state index in [1.807, 2.05) is 51.1 Å². The van der Waals surface area contributed by atoms with Gasteiger partial charge >= 0.3 is 5.97 Å². The molecule has 0 atom stereocenters.